The Kier molecular flexibility index (Phi) is 3.66. The highest BCUT2D eigenvalue weighted by molar-refractivity contribution is 5.12. The van der Waals surface area contributed by atoms with E-state index in [1.54, 1.807) is 5.57 Å². The van der Waals surface area contributed by atoms with Crippen molar-refractivity contribution in [1.29, 1.82) is 0 Å². The summed E-state index contributed by atoms with van der Waals surface area (Å²) in [6.45, 7) is 4.71. The molecule has 0 heteroatoms. The molecule has 0 amide bonds. The van der Waals surface area contributed by atoms with Crippen molar-refractivity contribution in [3.63, 3.8) is 0 Å². The van der Waals surface area contributed by atoms with Crippen molar-refractivity contribution in [2.45, 2.75) is 52.4 Å². The van der Waals surface area contributed by atoms with Crippen LogP contribution in [0.15, 0.2) is 23.8 Å². The molecule has 3 rings (SSSR count). The number of allylic oxidation sites excluding steroid dienone is 4. The van der Waals surface area contributed by atoms with E-state index in [1.165, 1.54) is 38.5 Å². The van der Waals surface area contributed by atoms with Crippen LogP contribution in [-0.4, -0.2) is 0 Å². The quantitative estimate of drug-likeness (QED) is 0.542. The zero-order valence-corrected chi connectivity index (χ0v) is 10.2. The van der Waals surface area contributed by atoms with Crippen molar-refractivity contribution in [2.24, 2.45) is 17.8 Å². The minimum Gasteiger partial charge on any atom is -0.0882 e. The molecule has 15 heavy (non-hydrogen) atoms. The SMILES string of the molecule is CC(C)/C1=C/[C@H]2CC=CC[C@H](CCC2)C1. The van der Waals surface area contributed by atoms with Gasteiger partial charge >= 0.3 is 0 Å². The van der Waals surface area contributed by atoms with Crippen LogP contribution in [0.3, 0.4) is 0 Å². The highest BCUT2D eigenvalue weighted by atomic mass is 14.2. The van der Waals surface area contributed by atoms with Gasteiger partial charge in [-0.3, -0.25) is 0 Å². The van der Waals surface area contributed by atoms with Gasteiger partial charge in [0.05, 0.1) is 0 Å². The molecule has 0 fully saturated rings. The number of hydrogen-bond donors (Lipinski definition) is 0. The van der Waals surface area contributed by atoms with Crippen molar-refractivity contribution in [1.82, 2.24) is 0 Å². The first kappa shape index (κ1) is 11.0. The van der Waals surface area contributed by atoms with Crippen LogP contribution < -0.4 is 0 Å². The predicted octanol–water partition coefficient (Wildman–Crippen LogP) is 4.73. The van der Waals surface area contributed by atoms with Gasteiger partial charge in [0, 0.05) is 0 Å². The summed E-state index contributed by atoms with van der Waals surface area (Å²) in [4.78, 5) is 0. The summed E-state index contributed by atoms with van der Waals surface area (Å²) in [7, 11) is 0. The lowest BCUT2D eigenvalue weighted by Crippen LogP contribution is -2.10. The molecule has 0 aromatic carbocycles. The lowest BCUT2D eigenvalue weighted by molar-refractivity contribution is 0.411. The largest absolute Gasteiger partial charge is 0.0882 e. The fourth-order valence-corrected chi connectivity index (χ4v) is 2.93. The first-order chi connectivity index (χ1) is 7.25. The lowest BCUT2D eigenvalue weighted by atomic mass is 9.82. The van der Waals surface area contributed by atoms with Gasteiger partial charge in [-0.2, -0.15) is 0 Å². The molecule has 0 spiro atoms. The Bertz CT molecular complexity index is 257. The molecule has 2 bridgehead atoms. The topological polar surface area (TPSA) is 0 Å². The van der Waals surface area contributed by atoms with Crippen LogP contribution in [0.5, 0.6) is 0 Å². The van der Waals surface area contributed by atoms with Gasteiger partial charge in [-0.05, 0) is 49.9 Å². The Labute approximate surface area is 94.5 Å². The minimum absolute atomic E-state index is 0.756. The van der Waals surface area contributed by atoms with Gasteiger partial charge in [0.1, 0.15) is 0 Å². The second kappa shape index (κ2) is 5.01. The van der Waals surface area contributed by atoms with E-state index in [1.807, 2.05) is 0 Å². The van der Waals surface area contributed by atoms with Crippen molar-refractivity contribution in [3.05, 3.63) is 23.8 Å². The maximum Gasteiger partial charge on any atom is -0.0196 e. The Hall–Kier alpha value is -0.520. The van der Waals surface area contributed by atoms with Crippen LogP contribution >= 0.6 is 0 Å². The first-order valence-electron chi connectivity index (χ1n) is 6.61. The van der Waals surface area contributed by atoms with Gasteiger partial charge in [0.25, 0.3) is 0 Å². The van der Waals surface area contributed by atoms with Gasteiger partial charge in [0.15, 0.2) is 0 Å². The summed E-state index contributed by atoms with van der Waals surface area (Å²) in [5, 5.41) is 0. The van der Waals surface area contributed by atoms with Gasteiger partial charge in [-0.1, -0.05) is 44.1 Å². The molecule has 0 aromatic rings. The third-order valence-electron chi connectivity index (χ3n) is 3.98. The van der Waals surface area contributed by atoms with Crippen molar-refractivity contribution in [3.8, 4) is 0 Å². The second-order valence-corrected chi connectivity index (χ2v) is 5.60. The molecule has 0 saturated carbocycles. The molecule has 0 heterocycles. The van der Waals surface area contributed by atoms with E-state index in [9.17, 15) is 0 Å². The number of rotatable bonds is 1. The van der Waals surface area contributed by atoms with Crippen LogP contribution in [0.2, 0.25) is 0 Å². The average molecular weight is 204 g/mol. The zero-order chi connectivity index (χ0) is 10.7. The molecule has 0 unspecified atom stereocenters. The predicted molar refractivity (Wildman–Crippen MR) is 66.7 cm³/mol. The average Bonchev–Trinajstić information content (AvgIpc) is 2.31. The summed E-state index contributed by atoms with van der Waals surface area (Å²) < 4.78 is 0. The molecule has 0 N–H and O–H groups in total. The maximum absolute atomic E-state index is 2.60. The summed E-state index contributed by atoms with van der Waals surface area (Å²) in [5.74, 6) is 2.51. The van der Waals surface area contributed by atoms with E-state index >= 15 is 0 Å². The van der Waals surface area contributed by atoms with Gasteiger partial charge in [0.2, 0.25) is 0 Å². The Morgan fingerprint density at radius 1 is 1.13 bits per heavy atom. The summed E-state index contributed by atoms with van der Waals surface area (Å²) in [5.41, 5.74) is 1.73. The summed E-state index contributed by atoms with van der Waals surface area (Å²) >= 11 is 0. The first-order valence-corrected chi connectivity index (χ1v) is 6.61. The third-order valence-corrected chi connectivity index (χ3v) is 3.98. The lowest BCUT2D eigenvalue weighted by Gasteiger charge is -2.24. The van der Waals surface area contributed by atoms with Gasteiger partial charge in [-0.25, -0.2) is 0 Å². The fraction of sp³-hybridized carbons (Fsp3) is 0.733. The Morgan fingerprint density at radius 2 is 1.93 bits per heavy atom. The molecule has 0 saturated heterocycles. The monoisotopic (exact) mass is 204 g/mol. The number of fused-ring (bicyclic) bond motifs is 5. The molecular weight excluding hydrogens is 180 g/mol. The molecule has 0 aromatic heterocycles. The highest BCUT2D eigenvalue weighted by Crippen LogP contribution is 2.33. The van der Waals surface area contributed by atoms with E-state index in [2.05, 4.69) is 32.1 Å². The Balaban J connectivity index is 2.21. The van der Waals surface area contributed by atoms with Crippen molar-refractivity contribution in [2.75, 3.05) is 0 Å². The van der Waals surface area contributed by atoms with Crippen molar-refractivity contribution >= 4 is 0 Å². The standard InChI is InChI=1S/C15H24/c1-12(2)15-10-13-6-3-4-7-14(11-15)9-5-8-13/h3-4,10,12-14H,5-9,11H2,1-2H3/b4-3?,15-10+/t13-,14+/m0/s1. The van der Waals surface area contributed by atoms with E-state index in [-0.39, 0.29) is 0 Å². The highest BCUT2D eigenvalue weighted by Gasteiger charge is 2.19. The van der Waals surface area contributed by atoms with Crippen LogP contribution in [0, 0.1) is 17.8 Å². The fourth-order valence-electron chi connectivity index (χ4n) is 2.93. The molecule has 2 atom stereocenters. The van der Waals surface area contributed by atoms with Gasteiger partial charge in [-0.15, -0.1) is 0 Å². The normalized spacial score (nSPS) is 35.3. The smallest absolute Gasteiger partial charge is 0.0196 e. The van der Waals surface area contributed by atoms with Crippen LogP contribution in [-0.2, 0) is 0 Å². The molecular formula is C15H24. The van der Waals surface area contributed by atoms with E-state index in [0.717, 1.165) is 17.8 Å². The van der Waals surface area contributed by atoms with E-state index < -0.39 is 0 Å². The molecule has 0 nitrogen and oxygen atoms in total. The van der Waals surface area contributed by atoms with E-state index in [4.69, 9.17) is 0 Å². The summed E-state index contributed by atoms with van der Waals surface area (Å²) in [6.07, 6.45) is 15.7. The van der Waals surface area contributed by atoms with Crippen LogP contribution in [0.4, 0.5) is 0 Å². The summed E-state index contributed by atoms with van der Waals surface area (Å²) in [6, 6.07) is 0. The van der Waals surface area contributed by atoms with E-state index in [0.29, 0.717) is 0 Å². The van der Waals surface area contributed by atoms with Crippen LogP contribution in [0.1, 0.15) is 52.4 Å². The Morgan fingerprint density at radius 3 is 2.73 bits per heavy atom. The molecule has 0 aliphatic heterocycles. The molecule has 0 radical (unpaired) electrons. The van der Waals surface area contributed by atoms with Gasteiger partial charge < -0.3 is 0 Å². The number of hydrogen-bond acceptors (Lipinski definition) is 0. The zero-order valence-electron chi connectivity index (χ0n) is 10.2. The molecule has 3 aliphatic carbocycles. The van der Waals surface area contributed by atoms with Crippen LogP contribution in [0.25, 0.3) is 0 Å². The minimum atomic E-state index is 0.756. The molecule has 84 valence electrons. The second-order valence-electron chi connectivity index (χ2n) is 5.60. The molecule has 3 aliphatic rings. The van der Waals surface area contributed by atoms with Crippen molar-refractivity contribution < 1.29 is 0 Å². The maximum atomic E-state index is 2.60. The third kappa shape index (κ3) is 2.96.